The second-order valence-corrected chi connectivity index (χ2v) is 5.08. The monoisotopic (exact) mass is 287 g/mol. The molecule has 3 nitrogen and oxygen atoms in total. The lowest BCUT2D eigenvalue weighted by Gasteiger charge is -2.15. The number of rotatable bonds is 4. The molecule has 6 heteroatoms. The zero-order chi connectivity index (χ0) is 12.3. The summed E-state index contributed by atoms with van der Waals surface area (Å²) >= 11 is 1.46. The molecule has 0 aliphatic rings. The molecule has 0 bridgehead atoms. The highest BCUT2D eigenvalue weighted by Gasteiger charge is 2.07. The Bertz CT molecular complexity index is 504. The fraction of sp³-hybridized carbons (Fsp3) is 0.250. The predicted octanol–water partition coefficient (Wildman–Crippen LogP) is 2.92. The van der Waals surface area contributed by atoms with Crippen molar-refractivity contribution in [1.82, 2.24) is 9.88 Å². The lowest BCUT2D eigenvalue weighted by atomic mass is 10.2. The molecular weight excluding hydrogens is 273 g/mol. The molecule has 0 aliphatic heterocycles. The first-order chi connectivity index (χ1) is 8.15. The van der Waals surface area contributed by atoms with Crippen LogP contribution >= 0.6 is 23.7 Å². The number of nitrogens with zero attached hydrogens (tertiary/aromatic N) is 2. The fourth-order valence-corrected chi connectivity index (χ4v) is 2.40. The summed E-state index contributed by atoms with van der Waals surface area (Å²) in [6, 6.07) is 6.82. The van der Waals surface area contributed by atoms with Gasteiger partial charge in [-0.1, -0.05) is 18.2 Å². The highest BCUT2D eigenvalue weighted by atomic mass is 35.5. The molecular formula is C12H15ClFN3S. The summed E-state index contributed by atoms with van der Waals surface area (Å²) < 4.78 is 13.4. The number of nitrogen functional groups attached to an aromatic ring is 1. The van der Waals surface area contributed by atoms with E-state index in [2.05, 4.69) is 4.98 Å². The van der Waals surface area contributed by atoms with Crippen molar-refractivity contribution >= 4 is 28.9 Å². The molecule has 1 heterocycles. The molecule has 0 radical (unpaired) electrons. The van der Waals surface area contributed by atoms with E-state index in [1.807, 2.05) is 18.0 Å². The quantitative estimate of drug-likeness (QED) is 0.940. The van der Waals surface area contributed by atoms with Gasteiger partial charge in [0.1, 0.15) is 5.82 Å². The lowest BCUT2D eigenvalue weighted by molar-refractivity contribution is 0.316. The van der Waals surface area contributed by atoms with Gasteiger partial charge >= 0.3 is 0 Å². The maximum Gasteiger partial charge on any atom is 0.180 e. The van der Waals surface area contributed by atoms with Crippen LogP contribution in [-0.4, -0.2) is 16.9 Å². The van der Waals surface area contributed by atoms with Gasteiger partial charge in [-0.25, -0.2) is 9.37 Å². The Hall–Kier alpha value is -1.17. The van der Waals surface area contributed by atoms with Gasteiger partial charge in [-0.3, -0.25) is 4.90 Å². The van der Waals surface area contributed by atoms with Crippen molar-refractivity contribution < 1.29 is 4.39 Å². The number of nitrogens with two attached hydrogens (primary N) is 1. The van der Waals surface area contributed by atoms with E-state index in [0.29, 0.717) is 17.2 Å². The minimum atomic E-state index is -0.164. The number of hydrogen-bond donors (Lipinski definition) is 1. The molecule has 0 saturated heterocycles. The van der Waals surface area contributed by atoms with Gasteiger partial charge in [0, 0.05) is 29.7 Å². The number of anilines is 1. The molecule has 0 amide bonds. The zero-order valence-electron chi connectivity index (χ0n) is 9.97. The Kier molecular flexibility index (Phi) is 5.53. The molecule has 98 valence electrons. The summed E-state index contributed by atoms with van der Waals surface area (Å²) in [6.45, 7) is 1.30. The molecule has 1 aromatic heterocycles. The van der Waals surface area contributed by atoms with Crippen LogP contribution in [0.2, 0.25) is 0 Å². The van der Waals surface area contributed by atoms with Gasteiger partial charge in [-0.05, 0) is 13.1 Å². The zero-order valence-corrected chi connectivity index (χ0v) is 11.6. The van der Waals surface area contributed by atoms with Crippen molar-refractivity contribution in [3.05, 3.63) is 46.7 Å². The van der Waals surface area contributed by atoms with Gasteiger partial charge in [0.05, 0.1) is 0 Å². The van der Waals surface area contributed by atoms with Crippen LogP contribution in [0.4, 0.5) is 9.52 Å². The summed E-state index contributed by atoms with van der Waals surface area (Å²) in [6.07, 6.45) is 1.76. The minimum Gasteiger partial charge on any atom is -0.375 e. The van der Waals surface area contributed by atoms with Crippen molar-refractivity contribution in [3.63, 3.8) is 0 Å². The first-order valence-electron chi connectivity index (χ1n) is 5.27. The van der Waals surface area contributed by atoms with Crippen molar-refractivity contribution in [2.24, 2.45) is 0 Å². The van der Waals surface area contributed by atoms with Crippen molar-refractivity contribution in [2.75, 3.05) is 12.8 Å². The molecule has 0 atom stereocenters. The van der Waals surface area contributed by atoms with Gasteiger partial charge in [-0.2, -0.15) is 0 Å². The van der Waals surface area contributed by atoms with Crippen LogP contribution in [0.5, 0.6) is 0 Å². The Balaban J connectivity index is 0.00000162. The van der Waals surface area contributed by atoms with Gasteiger partial charge in [0.15, 0.2) is 5.13 Å². The maximum atomic E-state index is 13.4. The third kappa shape index (κ3) is 3.94. The first kappa shape index (κ1) is 14.9. The normalized spacial score (nSPS) is 10.4. The number of hydrogen-bond acceptors (Lipinski definition) is 4. The highest BCUT2D eigenvalue weighted by Crippen LogP contribution is 2.17. The van der Waals surface area contributed by atoms with E-state index in [4.69, 9.17) is 5.73 Å². The van der Waals surface area contributed by atoms with E-state index in [1.54, 1.807) is 18.3 Å². The van der Waals surface area contributed by atoms with Crippen LogP contribution in [0.15, 0.2) is 30.5 Å². The maximum absolute atomic E-state index is 13.4. The third-order valence-corrected chi connectivity index (χ3v) is 3.21. The Morgan fingerprint density at radius 3 is 2.67 bits per heavy atom. The summed E-state index contributed by atoms with van der Waals surface area (Å²) in [5.41, 5.74) is 6.26. The van der Waals surface area contributed by atoms with Crippen LogP contribution in [0.25, 0.3) is 0 Å². The molecule has 2 rings (SSSR count). The Morgan fingerprint density at radius 2 is 2.06 bits per heavy atom. The smallest absolute Gasteiger partial charge is 0.180 e. The molecule has 2 N–H and O–H groups in total. The molecule has 0 aliphatic carbocycles. The van der Waals surface area contributed by atoms with Crippen LogP contribution in [0.1, 0.15) is 10.4 Å². The van der Waals surface area contributed by atoms with Crippen LogP contribution in [-0.2, 0) is 13.1 Å². The van der Waals surface area contributed by atoms with Gasteiger partial charge in [-0.15, -0.1) is 23.7 Å². The summed E-state index contributed by atoms with van der Waals surface area (Å²) in [5.74, 6) is -0.164. The van der Waals surface area contributed by atoms with Crippen molar-refractivity contribution in [2.45, 2.75) is 13.1 Å². The number of halogens is 2. The second kappa shape index (κ2) is 6.68. The number of benzene rings is 1. The SMILES string of the molecule is CN(Cc1cnc(N)s1)Cc1ccccc1F.Cl. The summed E-state index contributed by atoms with van der Waals surface area (Å²) in [4.78, 5) is 7.11. The second-order valence-electron chi connectivity index (χ2n) is 3.93. The van der Waals surface area contributed by atoms with Crippen LogP contribution < -0.4 is 5.73 Å². The first-order valence-corrected chi connectivity index (χ1v) is 6.09. The van der Waals surface area contributed by atoms with Gasteiger partial charge in [0.2, 0.25) is 0 Å². The van der Waals surface area contributed by atoms with E-state index in [9.17, 15) is 4.39 Å². The third-order valence-electron chi connectivity index (χ3n) is 2.40. The van der Waals surface area contributed by atoms with E-state index in [-0.39, 0.29) is 18.2 Å². The number of thiazole rings is 1. The summed E-state index contributed by atoms with van der Waals surface area (Å²) in [5, 5.41) is 0.569. The minimum absolute atomic E-state index is 0. The van der Waals surface area contributed by atoms with E-state index in [1.165, 1.54) is 17.4 Å². The van der Waals surface area contributed by atoms with Gasteiger partial charge in [0.25, 0.3) is 0 Å². The van der Waals surface area contributed by atoms with E-state index < -0.39 is 0 Å². The topological polar surface area (TPSA) is 42.2 Å². The van der Waals surface area contributed by atoms with Crippen molar-refractivity contribution in [1.29, 1.82) is 0 Å². The predicted molar refractivity (Wildman–Crippen MR) is 75.3 cm³/mol. The Labute approximate surface area is 116 Å². The average molecular weight is 288 g/mol. The molecule has 0 fully saturated rings. The van der Waals surface area contributed by atoms with Gasteiger partial charge < -0.3 is 5.73 Å². The van der Waals surface area contributed by atoms with E-state index in [0.717, 1.165) is 11.4 Å². The largest absolute Gasteiger partial charge is 0.375 e. The van der Waals surface area contributed by atoms with E-state index >= 15 is 0 Å². The Morgan fingerprint density at radius 1 is 1.33 bits per heavy atom. The fourth-order valence-electron chi connectivity index (χ4n) is 1.64. The molecule has 18 heavy (non-hydrogen) atoms. The average Bonchev–Trinajstić information content (AvgIpc) is 2.67. The molecule has 0 spiro atoms. The standard InChI is InChI=1S/C12H14FN3S.ClH/c1-16(8-10-6-15-12(14)17-10)7-9-4-2-3-5-11(9)13;/h2-6H,7-8H2,1H3,(H2,14,15);1H. The van der Waals surface area contributed by atoms with Crippen LogP contribution in [0, 0.1) is 5.82 Å². The molecule has 2 aromatic rings. The number of aromatic nitrogens is 1. The molecule has 0 saturated carbocycles. The van der Waals surface area contributed by atoms with Crippen LogP contribution in [0.3, 0.4) is 0 Å². The summed E-state index contributed by atoms with van der Waals surface area (Å²) in [7, 11) is 1.95. The lowest BCUT2D eigenvalue weighted by Crippen LogP contribution is -2.17. The van der Waals surface area contributed by atoms with Crippen molar-refractivity contribution in [3.8, 4) is 0 Å². The highest BCUT2D eigenvalue weighted by molar-refractivity contribution is 7.15. The molecule has 0 unspecified atom stereocenters. The molecule has 1 aromatic carbocycles.